The van der Waals surface area contributed by atoms with E-state index < -0.39 is 0 Å². The molecule has 0 aliphatic carbocycles. The molecule has 0 saturated carbocycles. The summed E-state index contributed by atoms with van der Waals surface area (Å²) < 4.78 is 0. The Kier molecular flexibility index (Phi) is 4.63. The van der Waals surface area contributed by atoms with Crippen LogP contribution in [0.3, 0.4) is 0 Å². The minimum absolute atomic E-state index is 0.00306. The van der Waals surface area contributed by atoms with Crippen LogP contribution in [0.2, 0.25) is 5.02 Å². The fourth-order valence-electron chi connectivity index (χ4n) is 2.71. The lowest BCUT2D eigenvalue weighted by atomic mass is 10.0. The molecule has 2 nitrogen and oxygen atoms in total. The van der Waals surface area contributed by atoms with Crippen molar-refractivity contribution in [3.05, 3.63) is 76.8 Å². The summed E-state index contributed by atoms with van der Waals surface area (Å²) in [4.78, 5) is 12.2. The highest BCUT2D eigenvalue weighted by molar-refractivity contribution is 6.31. The number of carbonyl (C=O) groups excluding carboxylic acids is 1. The Hall–Kier alpha value is -2.32. The third kappa shape index (κ3) is 3.54. The molecule has 0 aromatic heterocycles. The molecule has 3 aromatic rings. The van der Waals surface area contributed by atoms with Crippen molar-refractivity contribution in [1.29, 1.82) is 0 Å². The number of fused-ring (bicyclic) bond motifs is 1. The zero-order valence-corrected chi connectivity index (χ0v) is 13.7. The maximum atomic E-state index is 12.2. The van der Waals surface area contributed by atoms with Crippen molar-refractivity contribution in [2.75, 3.05) is 5.32 Å². The molecule has 3 rings (SSSR count). The van der Waals surface area contributed by atoms with E-state index in [0.29, 0.717) is 17.9 Å². The van der Waals surface area contributed by atoms with E-state index in [1.807, 2.05) is 43.3 Å². The third-order valence-corrected chi connectivity index (χ3v) is 4.45. The monoisotopic (exact) mass is 323 g/mol. The molecule has 0 spiro atoms. The summed E-state index contributed by atoms with van der Waals surface area (Å²) in [6.07, 6.45) is 1.16. The standard InChI is InChI=1S/C20H18ClNO/c1-14-18(21)10-5-11-19(14)22-20(23)13-12-16-8-4-7-15-6-2-3-9-17(15)16/h2-11H,12-13H2,1H3,(H,22,23). The second kappa shape index (κ2) is 6.84. The van der Waals surface area contributed by atoms with E-state index in [4.69, 9.17) is 11.6 Å². The van der Waals surface area contributed by atoms with Crippen LogP contribution in [0.4, 0.5) is 5.69 Å². The van der Waals surface area contributed by atoms with Crippen LogP contribution in [0.15, 0.2) is 60.7 Å². The molecule has 3 heteroatoms. The Bertz CT molecular complexity index is 852. The summed E-state index contributed by atoms with van der Waals surface area (Å²) in [6.45, 7) is 1.91. The first kappa shape index (κ1) is 15.6. The van der Waals surface area contributed by atoms with Gasteiger partial charge in [0.25, 0.3) is 0 Å². The highest BCUT2D eigenvalue weighted by atomic mass is 35.5. The Balaban J connectivity index is 1.70. The number of anilines is 1. The predicted octanol–water partition coefficient (Wildman–Crippen LogP) is 5.37. The van der Waals surface area contributed by atoms with Crippen molar-refractivity contribution >= 4 is 34.0 Å². The number of aryl methyl sites for hydroxylation is 1. The Morgan fingerprint density at radius 1 is 1.00 bits per heavy atom. The van der Waals surface area contributed by atoms with E-state index in [2.05, 4.69) is 29.6 Å². The molecule has 0 saturated heterocycles. The van der Waals surface area contributed by atoms with Gasteiger partial charge in [0.2, 0.25) is 5.91 Å². The maximum Gasteiger partial charge on any atom is 0.224 e. The number of rotatable bonds is 4. The Morgan fingerprint density at radius 3 is 2.61 bits per heavy atom. The molecule has 3 aromatic carbocycles. The smallest absolute Gasteiger partial charge is 0.224 e. The van der Waals surface area contributed by atoms with Crippen LogP contribution in [-0.4, -0.2) is 5.91 Å². The van der Waals surface area contributed by atoms with Crippen molar-refractivity contribution in [2.45, 2.75) is 19.8 Å². The molecular formula is C20H18ClNO. The normalized spacial score (nSPS) is 10.7. The zero-order valence-electron chi connectivity index (χ0n) is 13.0. The lowest BCUT2D eigenvalue weighted by Gasteiger charge is -2.10. The molecule has 0 heterocycles. The molecule has 0 radical (unpaired) electrons. The van der Waals surface area contributed by atoms with Crippen LogP contribution in [0.1, 0.15) is 17.5 Å². The molecule has 0 aliphatic rings. The van der Waals surface area contributed by atoms with E-state index >= 15 is 0 Å². The van der Waals surface area contributed by atoms with Gasteiger partial charge in [-0.3, -0.25) is 4.79 Å². The summed E-state index contributed by atoms with van der Waals surface area (Å²) in [7, 11) is 0. The molecule has 0 aliphatic heterocycles. The van der Waals surface area contributed by atoms with Gasteiger partial charge in [-0.1, -0.05) is 60.1 Å². The second-order valence-corrected chi connectivity index (χ2v) is 6.01. The van der Waals surface area contributed by atoms with Crippen LogP contribution < -0.4 is 5.32 Å². The fourth-order valence-corrected chi connectivity index (χ4v) is 2.89. The van der Waals surface area contributed by atoms with E-state index in [1.54, 1.807) is 0 Å². The summed E-state index contributed by atoms with van der Waals surface area (Å²) >= 11 is 6.08. The molecule has 116 valence electrons. The number of benzene rings is 3. The summed E-state index contributed by atoms with van der Waals surface area (Å²) in [5.74, 6) is 0.00306. The molecule has 0 unspecified atom stereocenters. The predicted molar refractivity (Wildman–Crippen MR) is 97.1 cm³/mol. The molecule has 0 fully saturated rings. The van der Waals surface area contributed by atoms with Gasteiger partial charge in [0, 0.05) is 17.1 Å². The molecule has 0 bridgehead atoms. The average Bonchev–Trinajstić information content (AvgIpc) is 2.57. The summed E-state index contributed by atoms with van der Waals surface area (Å²) in [5.41, 5.74) is 2.87. The van der Waals surface area contributed by atoms with E-state index in [9.17, 15) is 4.79 Å². The van der Waals surface area contributed by atoms with Crippen molar-refractivity contribution in [1.82, 2.24) is 0 Å². The lowest BCUT2D eigenvalue weighted by molar-refractivity contribution is -0.116. The van der Waals surface area contributed by atoms with Gasteiger partial charge in [0.1, 0.15) is 0 Å². The van der Waals surface area contributed by atoms with Gasteiger partial charge in [-0.15, -0.1) is 0 Å². The highest BCUT2D eigenvalue weighted by Crippen LogP contribution is 2.24. The molecule has 1 N–H and O–H groups in total. The number of carbonyl (C=O) groups is 1. The van der Waals surface area contributed by atoms with Gasteiger partial charge in [0.15, 0.2) is 0 Å². The maximum absolute atomic E-state index is 12.2. The van der Waals surface area contributed by atoms with Crippen LogP contribution in [0.25, 0.3) is 10.8 Å². The molecule has 1 amide bonds. The number of hydrogen-bond donors (Lipinski definition) is 1. The van der Waals surface area contributed by atoms with E-state index in [-0.39, 0.29) is 5.91 Å². The van der Waals surface area contributed by atoms with Crippen LogP contribution in [0.5, 0.6) is 0 Å². The molecular weight excluding hydrogens is 306 g/mol. The van der Waals surface area contributed by atoms with Crippen molar-refractivity contribution in [2.24, 2.45) is 0 Å². The second-order valence-electron chi connectivity index (χ2n) is 5.60. The van der Waals surface area contributed by atoms with Gasteiger partial charge in [-0.2, -0.15) is 0 Å². The minimum atomic E-state index is 0.00306. The Labute approximate surface area is 141 Å². The zero-order chi connectivity index (χ0) is 16.2. The van der Waals surface area contributed by atoms with Crippen molar-refractivity contribution in [3.63, 3.8) is 0 Å². The largest absolute Gasteiger partial charge is 0.326 e. The SMILES string of the molecule is Cc1c(Cl)cccc1NC(=O)CCc1cccc2ccccc12. The average molecular weight is 324 g/mol. The van der Waals surface area contributed by atoms with Crippen LogP contribution in [-0.2, 0) is 11.2 Å². The highest BCUT2D eigenvalue weighted by Gasteiger charge is 2.08. The first-order valence-electron chi connectivity index (χ1n) is 7.67. The molecule has 23 heavy (non-hydrogen) atoms. The van der Waals surface area contributed by atoms with Crippen molar-refractivity contribution in [3.8, 4) is 0 Å². The van der Waals surface area contributed by atoms with E-state index in [0.717, 1.165) is 11.3 Å². The fraction of sp³-hybridized carbons (Fsp3) is 0.150. The van der Waals surface area contributed by atoms with Crippen LogP contribution >= 0.6 is 11.6 Å². The summed E-state index contributed by atoms with van der Waals surface area (Å²) in [5, 5.41) is 6.02. The third-order valence-electron chi connectivity index (χ3n) is 4.04. The van der Waals surface area contributed by atoms with Gasteiger partial charge in [-0.05, 0) is 47.4 Å². The first-order valence-corrected chi connectivity index (χ1v) is 8.04. The van der Waals surface area contributed by atoms with Gasteiger partial charge in [0.05, 0.1) is 0 Å². The van der Waals surface area contributed by atoms with Gasteiger partial charge in [-0.25, -0.2) is 0 Å². The van der Waals surface area contributed by atoms with Gasteiger partial charge < -0.3 is 5.32 Å². The summed E-state index contributed by atoms with van der Waals surface area (Å²) in [6, 6.07) is 20.0. The van der Waals surface area contributed by atoms with Crippen molar-refractivity contribution < 1.29 is 4.79 Å². The number of halogens is 1. The lowest BCUT2D eigenvalue weighted by Crippen LogP contribution is -2.13. The number of hydrogen-bond acceptors (Lipinski definition) is 1. The minimum Gasteiger partial charge on any atom is -0.326 e. The van der Waals surface area contributed by atoms with Gasteiger partial charge >= 0.3 is 0 Å². The number of nitrogens with one attached hydrogen (secondary N) is 1. The topological polar surface area (TPSA) is 29.1 Å². The molecule has 0 atom stereocenters. The quantitative estimate of drug-likeness (QED) is 0.686. The van der Waals surface area contributed by atoms with E-state index in [1.165, 1.54) is 16.3 Å². The Morgan fingerprint density at radius 2 is 1.74 bits per heavy atom. The first-order chi connectivity index (χ1) is 11.1. The number of amides is 1. The van der Waals surface area contributed by atoms with Crippen LogP contribution in [0, 0.1) is 6.92 Å².